The SMILES string of the molecule is CN(C)CC(=O)N(Cc1ccco1)c1ccccc1. The molecule has 4 heteroatoms. The Morgan fingerprint density at radius 1 is 1.11 bits per heavy atom. The van der Waals surface area contributed by atoms with Crippen molar-refractivity contribution in [3.8, 4) is 0 Å². The lowest BCUT2D eigenvalue weighted by Crippen LogP contribution is -2.37. The van der Waals surface area contributed by atoms with Crippen LogP contribution in [0.1, 0.15) is 5.76 Å². The van der Waals surface area contributed by atoms with Crippen LogP contribution in [0.5, 0.6) is 0 Å². The summed E-state index contributed by atoms with van der Waals surface area (Å²) >= 11 is 0. The van der Waals surface area contributed by atoms with Crippen molar-refractivity contribution in [3.63, 3.8) is 0 Å². The molecule has 1 aromatic carbocycles. The van der Waals surface area contributed by atoms with Crippen molar-refractivity contribution in [1.29, 1.82) is 0 Å². The molecule has 100 valence electrons. The van der Waals surface area contributed by atoms with Crippen molar-refractivity contribution in [2.24, 2.45) is 0 Å². The number of anilines is 1. The van der Waals surface area contributed by atoms with E-state index in [1.807, 2.05) is 61.5 Å². The van der Waals surface area contributed by atoms with Crippen LogP contribution < -0.4 is 4.90 Å². The van der Waals surface area contributed by atoms with Gasteiger partial charge < -0.3 is 14.2 Å². The molecule has 1 aromatic heterocycles. The zero-order chi connectivity index (χ0) is 13.7. The van der Waals surface area contributed by atoms with Crippen molar-refractivity contribution >= 4 is 11.6 Å². The molecule has 2 aromatic rings. The predicted molar refractivity (Wildman–Crippen MR) is 74.9 cm³/mol. The van der Waals surface area contributed by atoms with Crippen LogP contribution in [0.4, 0.5) is 5.69 Å². The van der Waals surface area contributed by atoms with E-state index in [1.165, 1.54) is 0 Å². The van der Waals surface area contributed by atoms with Crippen LogP contribution in [0, 0.1) is 0 Å². The lowest BCUT2D eigenvalue weighted by molar-refractivity contribution is -0.119. The summed E-state index contributed by atoms with van der Waals surface area (Å²) in [6.45, 7) is 0.819. The Hall–Kier alpha value is -2.07. The standard InChI is InChI=1S/C15H18N2O2/c1-16(2)12-15(18)17(11-14-9-6-10-19-14)13-7-4-3-5-8-13/h3-10H,11-12H2,1-2H3. The molecule has 0 saturated carbocycles. The van der Waals surface area contributed by atoms with E-state index in [4.69, 9.17) is 4.42 Å². The van der Waals surface area contributed by atoms with E-state index in [9.17, 15) is 4.79 Å². The van der Waals surface area contributed by atoms with Crippen LogP contribution in [-0.4, -0.2) is 31.4 Å². The van der Waals surface area contributed by atoms with Gasteiger partial charge in [-0.1, -0.05) is 18.2 Å². The number of hydrogen-bond acceptors (Lipinski definition) is 3. The molecule has 0 aliphatic heterocycles. The summed E-state index contributed by atoms with van der Waals surface area (Å²) in [6, 6.07) is 13.3. The maximum absolute atomic E-state index is 12.3. The molecular weight excluding hydrogens is 240 g/mol. The van der Waals surface area contributed by atoms with Crippen molar-refractivity contribution in [2.75, 3.05) is 25.5 Å². The van der Waals surface area contributed by atoms with Gasteiger partial charge in [0.25, 0.3) is 0 Å². The summed E-state index contributed by atoms with van der Waals surface area (Å²) in [5.74, 6) is 0.823. The van der Waals surface area contributed by atoms with Crippen LogP contribution in [0.25, 0.3) is 0 Å². The molecule has 1 amide bonds. The number of para-hydroxylation sites is 1. The molecule has 0 unspecified atom stereocenters. The smallest absolute Gasteiger partial charge is 0.241 e. The number of benzene rings is 1. The zero-order valence-electron chi connectivity index (χ0n) is 11.2. The molecule has 0 spiro atoms. The number of likely N-dealkylation sites (N-methyl/N-ethyl adjacent to an activating group) is 1. The molecule has 2 rings (SSSR count). The lowest BCUT2D eigenvalue weighted by atomic mass is 10.2. The number of rotatable bonds is 5. The molecule has 0 atom stereocenters. The number of carbonyl (C=O) groups excluding carboxylic acids is 1. The lowest BCUT2D eigenvalue weighted by Gasteiger charge is -2.23. The van der Waals surface area contributed by atoms with Gasteiger partial charge in [0.1, 0.15) is 5.76 Å². The van der Waals surface area contributed by atoms with Gasteiger partial charge in [-0.05, 0) is 38.4 Å². The third-order valence-corrected chi connectivity index (χ3v) is 2.71. The van der Waals surface area contributed by atoms with E-state index >= 15 is 0 Å². The first-order chi connectivity index (χ1) is 9.16. The van der Waals surface area contributed by atoms with Gasteiger partial charge in [0.15, 0.2) is 0 Å². The Bertz CT molecular complexity index is 506. The first kappa shape index (κ1) is 13.4. The zero-order valence-corrected chi connectivity index (χ0v) is 11.2. The maximum atomic E-state index is 12.3. The highest BCUT2D eigenvalue weighted by atomic mass is 16.3. The van der Waals surface area contributed by atoms with E-state index in [-0.39, 0.29) is 5.91 Å². The number of nitrogens with zero attached hydrogens (tertiary/aromatic N) is 2. The monoisotopic (exact) mass is 258 g/mol. The van der Waals surface area contributed by atoms with E-state index in [0.717, 1.165) is 11.4 Å². The molecule has 0 radical (unpaired) electrons. The normalized spacial score (nSPS) is 10.7. The van der Waals surface area contributed by atoms with Crippen molar-refractivity contribution in [1.82, 2.24) is 4.90 Å². The predicted octanol–water partition coefficient (Wildman–Crippen LogP) is 2.37. The summed E-state index contributed by atoms with van der Waals surface area (Å²) < 4.78 is 5.33. The molecular formula is C15H18N2O2. The number of amides is 1. The molecule has 0 saturated heterocycles. The van der Waals surface area contributed by atoms with Crippen molar-refractivity contribution in [3.05, 3.63) is 54.5 Å². The molecule has 0 bridgehead atoms. The van der Waals surface area contributed by atoms with Gasteiger partial charge >= 0.3 is 0 Å². The van der Waals surface area contributed by atoms with Gasteiger partial charge in [0.2, 0.25) is 5.91 Å². The summed E-state index contributed by atoms with van der Waals surface area (Å²) in [5.41, 5.74) is 0.880. The Kier molecular flexibility index (Phi) is 4.36. The maximum Gasteiger partial charge on any atom is 0.241 e. The third kappa shape index (κ3) is 3.69. The number of hydrogen-bond donors (Lipinski definition) is 0. The quantitative estimate of drug-likeness (QED) is 0.826. The molecule has 4 nitrogen and oxygen atoms in total. The minimum absolute atomic E-state index is 0.0487. The number of furan rings is 1. The van der Waals surface area contributed by atoms with Gasteiger partial charge in [-0.25, -0.2) is 0 Å². The Labute approximate surface area is 113 Å². The van der Waals surface area contributed by atoms with E-state index in [1.54, 1.807) is 11.2 Å². The van der Waals surface area contributed by atoms with Crippen LogP contribution in [-0.2, 0) is 11.3 Å². The fraction of sp³-hybridized carbons (Fsp3) is 0.267. The molecule has 0 N–H and O–H groups in total. The van der Waals surface area contributed by atoms with Crippen LogP contribution in [0.15, 0.2) is 53.1 Å². The topological polar surface area (TPSA) is 36.7 Å². The molecule has 0 fully saturated rings. The summed E-state index contributed by atoms with van der Waals surface area (Å²) in [5, 5.41) is 0. The van der Waals surface area contributed by atoms with E-state index < -0.39 is 0 Å². The van der Waals surface area contributed by atoms with Crippen molar-refractivity contribution in [2.45, 2.75) is 6.54 Å². The molecule has 0 aliphatic carbocycles. The summed E-state index contributed by atoms with van der Waals surface area (Å²) in [7, 11) is 3.77. The first-order valence-electron chi connectivity index (χ1n) is 6.19. The van der Waals surface area contributed by atoms with Gasteiger partial charge in [0.05, 0.1) is 19.4 Å². The van der Waals surface area contributed by atoms with Crippen molar-refractivity contribution < 1.29 is 9.21 Å². The third-order valence-electron chi connectivity index (χ3n) is 2.71. The Morgan fingerprint density at radius 3 is 2.42 bits per heavy atom. The highest BCUT2D eigenvalue weighted by Gasteiger charge is 2.17. The minimum atomic E-state index is 0.0487. The number of carbonyl (C=O) groups is 1. The second-order valence-corrected chi connectivity index (χ2v) is 4.63. The van der Waals surface area contributed by atoms with Gasteiger partial charge in [-0.15, -0.1) is 0 Å². The fourth-order valence-electron chi connectivity index (χ4n) is 1.85. The largest absolute Gasteiger partial charge is 0.467 e. The average molecular weight is 258 g/mol. The van der Waals surface area contributed by atoms with Gasteiger partial charge in [-0.3, -0.25) is 4.79 Å². The fourth-order valence-corrected chi connectivity index (χ4v) is 1.85. The molecule has 1 heterocycles. The second kappa shape index (κ2) is 6.20. The minimum Gasteiger partial charge on any atom is -0.467 e. The first-order valence-corrected chi connectivity index (χ1v) is 6.19. The molecule has 0 aliphatic rings. The second-order valence-electron chi connectivity index (χ2n) is 4.63. The Balaban J connectivity index is 2.20. The van der Waals surface area contributed by atoms with Gasteiger partial charge in [0, 0.05) is 5.69 Å². The highest BCUT2D eigenvalue weighted by molar-refractivity contribution is 5.94. The van der Waals surface area contributed by atoms with E-state index in [0.29, 0.717) is 13.1 Å². The summed E-state index contributed by atoms with van der Waals surface area (Å²) in [4.78, 5) is 15.9. The van der Waals surface area contributed by atoms with Crippen LogP contribution in [0.3, 0.4) is 0 Å². The Morgan fingerprint density at radius 2 is 1.84 bits per heavy atom. The molecule has 19 heavy (non-hydrogen) atoms. The average Bonchev–Trinajstić information content (AvgIpc) is 2.89. The van der Waals surface area contributed by atoms with Crippen LogP contribution in [0.2, 0.25) is 0 Å². The van der Waals surface area contributed by atoms with Crippen LogP contribution >= 0.6 is 0 Å². The van der Waals surface area contributed by atoms with Gasteiger partial charge in [-0.2, -0.15) is 0 Å². The highest BCUT2D eigenvalue weighted by Crippen LogP contribution is 2.17. The summed E-state index contributed by atoms with van der Waals surface area (Å²) in [6.07, 6.45) is 1.62. The van der Waals surface area contributed by atoms with E-state index in [2.05, 4.69) is 0 Å².